The minimum atomic E-state index is -0.208. The summed E-state index contributed by atoms with van der Waals surface area (Å²) in [7, 11) is 0. The van der Waals surface area contributed by atoms with Gasteiger partial charge in [0, 0.05) is 22.2 Å². The first-order valence-electron chi connectivity index (χ1n) is 5.63. The monoisotopic (exact) mass is 335 g/mol. The number of anilines is 1. The van der Waals surface area contributed by atoms with Gasteiger partial charge in [-0.3, -0.25) is 9.20 Å². The largest absolute Gasteiger partial charge is 0.320 e. The molecule has 0 spiro atoms. The number of benzene rings is 1. The number of carbonyl (C=O) groups is 1. The number of imidazole rings is 1. The maximum Gasteiger partial charge on any atom is 0.275 e. The molecule has 1 aromatic carbocycles. The molecule has 2 aromatic heterocycles. The maximum absolute atomic E-state index is 12.1. The van der Waals surface area contributed by atoms with Crippen molar-refractivity contribution in [3.05, 3.63) is 51.7 Å². The average Bonchev–Trinajstić information content (AvgIpc) is 2.93. The lowest BCUT2D eigenvalue weighted by molar-refractivity contribution is 0.102. The van der Waals surface area contributed by atoms with Crippen molar-refractivity contribution in [3.8, 4) is 0 Å². The molecule has 96 valence electrons. The van der Waals surface area contributed by atoms with Crippen LogP contribution in [-0.2, 0) is 0 Å². The van der Waals surface area contributed by atoms with Crippen molar-refractivity contribution in [2.75, 3.05) is 5.32 Å². The van der Waals surface area contributed by atoms with Crippen LogP contribution in [0.3, 0.4) is 0 Å². The van der Waals surface area contributed by atoms with Crippen molar-refractivity contribution in [2.45, 2.75) is 6.92 Å². The van der Waals surface area contributed by atoms with E-state index in [9.17, 15) is 4.79 Å². The second kappa shape index (κ2) is 4.79. The molecule has 0 bridgehead atoms. The summed E-state index contributed by atoms with van der Waals surface area (Å²) in [5.74, 6) is -0.208. The Kier molecular flexibility index (Phi) is 3.12. The topological polar surface area (TPSA) is 46.4 Å². The summed E-state index contributed by atoms with van der Waals surface area (Å²) in [5, 5.41) is 4.78. The van der Waals surface area contributed by atoms with Crippen molar-refractivity contribution < 1.29 is 4.79 Å². The van der Waals surface area contributed by atoms with Crippen LogP contribution in [-0.4, -0.2) is 15.3 Å². The van der Waals surface area contributed by atoms with Gasteiger partial charge in [0.25, 0.3) is 5.91 Å². The smallest absolute Gasteiger partial charge is 0.275 e. The normalized spacial score (nSPS) is 10.8. The number of nitrogens with one attached hydrogen (secondary N) is 1. The van der Waals surface area contributed by atoms with Crippen LogP contribution in [0, 0.1) is 6.92 Å². The van der Waals surface area contributed by atoms with Crippen LogP contribution >= 0.6 is 27.3 Å². The summed E-state index contributed by atoms with van der Waals surface area (Å²) >= 11 is 4.94. The molecule has 19 heavy (non-hydrogen) atoms. The third kappa shape index (κ3) is 2.41. The molecular weight excluding hydrogens is 326 g/mol. The van der Waals surface area contributed by atoms with Gasteiger partial charge >= 0.3 is 0 Å². The molecule has 0 aliphatic rings. The first kappa shape index (κ1) is 12.4. The zero-order chi connectivity index (χ0) is 13.4. The fourth-order valence-corrected chi connectivity index (χ4v) is 3.04. The van der Waals surface area contributed by atoms with Crippen LogP contribution in [0.25, 0.3) is 4.96 Å². The Morgan fingerprint density at radius 2 is 2.32 bits per heavy atom. The minimum Gasteiger partial charge on any atom is -0.320 e. The lowest BCUT2D eigenvalue weighted by Crippen LogP contribution is -2.12. The molecule has 0 aliphatic heterocycles. The van der Waals surface area contributed by atoms with E-state index < -0.39 is 0 Å². The molecule has 0 fully saturated rings. The summed E-state index contributed by atoms with van der Waals surface area (Å²) in [6.07, 6.45) is 3.61. The third-order valence-electron chi connectivity index (χ3n) is 2.70. The Bertz CT molecular complexity index is 734. The van der Waals surface area contributed by atoms with Gasteiger partial charge in [0.05, 0.1) is 5.69 Å². The van der Waals surface area contributed by atoms with E-state index in [0.717, 1.165) is 20.7 Å². The Labute approximate surface area is 122 Å². The highest BCUT2D eigenvalue weighted by molar-refractivity contribution is 9.10. The van der Waals surface area contributed by atoms with Crippen LogP contribution in [0.4, 0.5) is 5.69 Å². The first-order chi connectivity index (χ1) is 9.13. The quantitative estimate of drug-likeness (QED) is 0.775. The highest BCUT2D eigenvalue weighted by atomic mass is 79.9. The molecule has 4 nitrogen and oxygen atoms in total. The maximum atomic E-state index is 12.1. The van der Waals surface area contributed by atoms with Crippen molar-refractivity contribution >= 4 is 43.8 Å². The Morgan fingerprint density at radius 3 is 3.05 bits per heavy atom. The van der Waals surface area contributed by atoms with Gasteiger partial charge in [-0.15, -0.1) is 11.3 Å². The Hall–Kier alpha value is -1.66. The van der Waals surface area contributed by atoms with E-state index in [1.807, 2.05) is 41.1 Å². The van der Waals surface area contributed by atoms with E-state index in [1.54, 1.807) is 6.20 Å². The molecule has 3 aromatic rings. The van der Waals surface area contributed by atoms with Crippen molar-refractivity contribution in [1.82, 2.24) is 9.38 Å². The van der Waals surface area contributed by atoms with Gasteiger partial charge in [-0.25, -0.2) is 4.98 Å². The van der Waals surface area contributed by atoms with E-state index in [-0.39, 0.29) is 5.91 Å². The highest BCUT2D eigenvalue weighted by Gasteiger charge is 2.12. The molecule has 0 saturated heterocycles. The fraction of sp³-hybridized carbons (Fsp3) is 0.0769. The molecule has 2 heterocycles. The number of aromatic nitrogens is 2. The van der Waals surface area contributed by atoms with Gasteiger partial charge in [-0.1, -0.05) is 6.07 Å². The van der Waals surface area contributed by atoms with Crippen LogP contribution in [0.5, 0.6) is 0 Å². The van der Waals surface area contributed by atoms with Gasteiger partial charge in [-0.2, -0.15) is 0 Å². The number of thiazole rings is 1. The van der Waals surface area contributed by atoms with E-state index in [2.05, 4.69) is 26.2 Å². The number of hydrogen-bond acceptors (Lipinski definition) is 3. The summed E-state index contributed by atoms with van der Waals surface area (Å²) in [6, 6.07) is 5.78. The molecular formula is C13H10BrN3OS. The number of hydrogen-bond donors (Lipinski definition) is 1. The summed E-state index contributed by atoms with van der Waals surface area (Å²) in [5.41, 5.74) is 2.29. The lowest BCUT2D eigenvalue weighted by atomic mass is 10.2. The van der Waals surface area contributed by atoms with Gasteiger partial charge in [-0.05, 0) is 40.5 Å². The number of carbonyl (C=O) groups excluding carboxylic acids is 1. The number of amides is 1. The molecule has 0 atom stereocenters. The standard InChI is InChI=1S/C13H10BrN3OS/c1-8-2-3-10(9(14)6-8)15-12(18)11-7-17-4-5-19-13(17)16-11/h2-7H,1H3,(H,15,18). The summed E-state index contributed by atoms with van der Waals surface area (Å²) < 4.78 is 2.70. The van der Waals surface area contributed by atoms with E-state index in [0.29, 0.717) is 5.69 Å². The second-order valence-electron chi connectivity index (χ2n) is 4.16. The van der Waals surface area contributed by atoms with Crippen molar-refractivity contribution in [2.24, 2.45) is 0 Å². The molecule has 1 N–H and O–H groups in total. The van der Waals surface area contributed by atoms with Crippen LogP contribution in [0.2, 0.25) is 0 Å². The molecule has 0 aliphatic carbocycles. The zero-order valence-electron chi connectivity index (χ0n) is 10.1. The molecule has 0 unspecified atom stereocenters. The first-order valence-corrected chi connectivity index (χ1v) is 7.30. The molecule has 1 amide bonds. The summed E-state index contributed by atoms with van der Waals surface area (Å²) in [4.78, 5) is 17.2. The number of halogens is 1. The van der Waals surface area contributed by atoms with Gasteiger partial charge in [0.1, 0.15) is 5.69 Å². The second-order valence-corrected chi connectivity index (χ2v) is 5.88. The van der Waals surface area contributed by atoms with Crippen LogP contribution < -0.4 is 5.32 Å². The predicted molar refractivity (Wildman–Crippen MR) is 79.9 cm³/mol. The van der Waals surface area contributed by atoms with Crippen molar-refractivity contribution in [3.63, 3.8) is 0 Å². The average molecular weight is 336 g/mol. The third-order valence-corrected chi connectivity index (χ3v) is 4.13. The number of rotatable bonds is 2. The van der Waals surface area contributed by atoms with Crippen molar-refractivity contribution in [1.29, 1.82) is 0 Å². The van der Waals surface area contributed by atoms with E-state index >= 15 is 0 Å². The highest BCUT2D eigenvalue weighted by Crippen LogP contribution is 2.24. The Morgan fingerprint density at radius 1 is 1.47 bits per heavy atom. The fourth-order valence-electron chi connectivity index (χ4n) is 1.74. The minimum absolute atomic E-state index is 0.208. The molecule has 0 radical (unpaired) electrons. The van der Waals surface area contributed by atoms with Gasteiger partial charge in [0.15, 0.2) is 4.96 Å². The number of fused-ring (bicyclic) bond motifs is 1. The number of aryl methyl sites for hydroxylation is 1. The van der Waals surface area contributed by atoms with E-state index in [4.69, 9.17) is 0 Å². The van der Waals surface area contributed by atoms with Crippen LogP contribution in [0.15, 0.2) is 40.4 Å². The number of nitrogens with zero attached hydrogens (tertiary/aromatic N) is 2. The SMILES string of the molecule is Cc1ccc(NC(=O)c2cn3ccsc3n2)c(Br)c1. The van der Waals surface area contributed by atoms with E-state index in [1.165, 1.54) is 11.3 Å². The summed E-state index contributed by atoms with van der Waals surface area (Å²) in [6.45, 7) is 2.00. The molecule has 0 saturated carbocycles. The Balaban J connectivity index is 1.86. The van der Waals surface area contributed by atoms with Crippen LogP contribution in [0.1, 0.15) is 16.1 Å². The molecule has 3 rings (SSSR count). The zero-order valence-corrected chi connectivity index (χ0v) is 12.5. The van der Waals surface area contributed by atoms with Gasteiger partial charge < -0.3 is 5.32 Å². The lowest BCUT2D eigenvalue weighted by Gasteiger charge is -2.06. The predicted octanol–water partition coefficient (Wildman–Crippen LogP) is 3.72. The molecule has 6 heteroatoms. The van der Waals surface area contributed by atoms with Gasteiger partial charge in [0.2, 0.25) is 0 Å².